The molecule has 1 N–H and O–H groups in total. The minimum atomic E-state index is -3.66. The fourth-order valence-corrected chi connectivity index (χ4v) is 5.09. The number of aromatic nitrogens is 3. The van der Waals surface area contributed by atoms with Gasteiger partial charge in [-0.15, -0.1) is 0 Å². The zero-order chi connectivity index (χ0) is 19.0. The average molecular weight is 412 g/mol. The van der Waals surface area contributed by atoms with E-state index in [1.807, 2.05) is 0 Å². The predicted molar refractivity (Wildman–Crippen MR) is 104 cm³/mol. The van der Waals surface area contributed by atoms with Crippen molar-refractivity contribution in [3.8, 4) is 0 Å². The van der Waals surface area contributed by atoms with E-state index in [0.29, 0.717) is 37.5 Å². The van der Waals surface area contributed by atoms with Crippen LogP contribution in [-0.2, 0) is 9.24 Å². The number of fused-ring (bicyclic) bond motifs is 1. The smallest absolute Gasteiger partial charge is 0.299 e. The van der Waals surface area contributed by atoms with Gasteiger partial charge in [-0.05, 0) is 31.7 Å². The molecule has 0 atom stereocenters. The summed E-state index contributed by atoms with van der Waals surface area (Å²) in [5.74, 6) is 0.465. The number of hydrogen-bond acceptors (Lipinski definition) is 6. The number of hydrogen-bond donors (Lipinski definition) is 1. The van der Waals surface area contributed by atoms with Gasteiger partial charge in [0.2, 0.25) is 5.95 Å². The second-order valence-electron chi connectivity index (χ2n) is 7.21. The molecule has 2 aromatic rings. The summed E-state index contributed by atoms with van der Waals surface area (Å²) in [6.45, 7) is 0.730. The third-order valence-corrected chi connectivity index (χ3v) is 7.02. The van der Waals surface area contributed by atoms with Crippen molar-refractivity contribution in [3.63, 3.8) is 0 Å². The molecular formula is C17H22ClN5O3S. The van der Waals surface area contributed by atoms with Gasteiger partial charge < -0.3 is 5.32 Å². The monoisotopic (exact) mass is 411 g/mol. The fraction of sp³-hybridized carbons (Fsp3) is 0.588. The highest BCUT2D eigenvalue weighted by Gasteiger charge is 2.27. The minimum absolute atomic E-state index is 0.0281. The van der Waals surface area contributed by atoms with Crippen molar-refractivity contribution in [2.75, 3.05) is 18.4 Å². The lowest BCUT2D eigenvalue weighted by atomic mass is 10.1. The minimum Gasteiger partial charge on any atom is -0.351 e. The second-order valence-corrected chi connectivity index (χ2v) is 9.72. The van der Waals surface area contributed by atoms with E-state index in [9.17, 15) is 13.2 Å². The quantitative estimate of drug-likeness (QED) is 0.775. The topological polar surface area (TPSA) is 97.2 Å². The molecule has 0 spiro atoms. The highest BCUT2D eigenvalue weighted by atomic mass is 35.7. The van der Waals surface area contributed by atoms with Crippen LogP contribution >= 0.6 is 10.7 Å². The average Bonchev–Trinajstić information content (AvgIpc) is 3.15. The molecule has 1 saturated carbocycles. The summed E-state index contributed by atoms with van der Waals surface area (Å²) in [6.07, 6.45) is 7.23. The maximum atomic E-state index is 12.5. The second kappa shape index (κ2) is 7.37. The molecule has 2 fully saturated rings. The van der Waals surface area contributed by atoms with Gasteiger partial charge in [0, 0.05) is 53.5 Å². The van der Waals surface area contributed by atoms with Crippen LogP contribution in [0.3, 0.4) is 0 Å². The van der Waals surface area contributed by atoms with Gasteiger partial charge in [0.05, 0.1) is 0 Å². The summed E-state index contributed by atoms with van der Waals surface area (Å²) in [4.78, 5) is 21.5. The van der Waals surface area contributed by atoms with Crippen LogP contribution in [-0.4, -0.2) is 46.4 Å². The number of anilines is 1. The molecule has 0 aromatic carbocycles. The van der Waals surface area contributed by atoms with Crippen LogP contribution in [0.2, 0.25) is 0 Å². The lowest BCUT2D eigenvalue weighted by Gasteiger charge is -2.29. The first-order valence-electron chi connectivity index (χ1n) is 9.26. The Balaban J connectivity index is 1.57. The van der Waals surface area contributed by atoms with E-state index in [0.717, 1.165) is 31.1 Å². The molecule has 0 bridgehead atoms. The van der Waals surface area contributed by atoms with Crippen molar-refractivity contribution in [3.05, 3.63) is 28.7 Å². The lowest BCUT2D eigenvalue weighted by molar-refractivity contribution is 0.335. The van der Waals surface area contributed by atoms with Crippen LogP contribution in [0.1, 0.15) is 44.6 Å². The summed E-state index contributed by atoms with van der Waals surface area (Å²) >= 11 is 0. The number of piperidine rings is 1. The molecule has 10 heteroatoms. The maximum Gasteiger partial charge on any atom is 0.299 e. The van der Waals surface area contributed by atoms with E-state index >= 15 is 0 Å². The Hall–Kier alpha value is -1.71. The van der Waals surface area contributed by atoms with Crippen molar-refractivity contribution in [1.82, 2.24) is 18.8 Å². The van der Waals surface area contributed by atoms with Crippen LogP contribution in [0.15, 0.2) is 23.1 Å². The molecule has 3 heterocycles. The molecule has 0 radical (unpaired) electrons. The molecule has 146 valence electrons. The molecule has 0 amide bonds. The van der Waals surface area contributed by atoms with Crippen LogP contribution in [0, 0.1) is 0 Å². The predicted octanol–water partition coefficient (Wildman–Crippen LogP) is 2.27. The molecular weight excluding hydrogens is 390 g/mol. The summed E-state index contributed by atoms with van der Waals surface area (Å²) in [6, 6.07) is 3.60. The van der Waals surface area contributed by atoms with E-state index < -0.39 is 9.24 Å². The molecule has 2 aromatic heterocycles. The third kappa shape index (κ3) is 3.95. The van der Waals surface area contributed by atoms with Gasteiger partial charge >= 0.3 is 0 Å². The Morgan fingerprint density at radius 1 is 1.11 bits per heavy atom. The van der Waals surface area contributed by atoms with Crippen molar-refractivity contribution < 1.29 is 8.42 Å². The van der Waals surface area contributed by atoms with E-state index in [4.69, 9.17) is 10.7 Å². The summed E-state index contributed by atoms with van der Waals surface area (Å²) in [5.41, 5.74) is 0.632. The first-order valence-corrected chi connectivity index (χ1v) is 11.5. The number of halogens is 1. The Morgan fingerprint density at radius 2 is 1.81 bits per heavy atom. The van der Waals surface area contributed by atoms with E-state index in [1.54, 1.807) is 22.9 Å². The number of nitrogens with zero attached hydrogens (tertiary/aromatic N) is 4. The van der Waals surface area contributed by atoms with Crippen molar-refractivity contribution >= 4 is 36.9 Å². The van der Waals surface area contributed by atoms with E-state index in [2.05, 4.69) is 15.3 Å². The van der Waals surface area contributed by atoms with E-state index in [1.165, 1.54) is 4.31 Å². The summed E-state index contributed by atoms with van der Waals surface area (Å²) in [7, 11) is 1.74. The molecule has 8 nitrogen and oxygen atoms in total. The molecule has 2 aliphatic rings. The van der Waals surface area contributed by atoms with Crippen molar-refractivity contribution in [1.29, 1.82) is 0 Å². The van der Waals surface area contributed by atoms with Crippen LogP contribution < -0.4 is 10.9 Å². The molecule has 1 aliphatic carbocycles. The fourth-order valence-electron chi connectivity index (χ4n) is 4.02. The summed E-state index contributed by atoms with van der Waals surface area (Å²) < 4.78 is 25.9. The highest BCUT2D eigenvalue weighted by molar-refractivity contribution is 8.11. The van der Waals surface area contributed by atoms with Gasteiger partial charge in [-0.2, -0.15) is 17.7 Å². The van der Waals surface area contributed by atoms with Crippen LogP contribution in [0.25, 0.3) is 11.0 Å². The molecule has 0 unspecified atom stereocenters. The largest absolute Gasteiger partial charge is 0.351 e. The Labute approximate surface area is 162 Å². The molecule has 1 aliphatic heterocycles. The first kappa shape index (κ1) is 18.6. The Morgan fingerprint density at radius 3 is 2.48 bits per heavy atom. The first-order chi connectivity index (χ1) is 12.9. The van der Waals surface area contributed by atoms with Gasteiger partial charge in [0.15, 0.2) is 0 Å². The van der Waals surface area contributed by atoms with Crippen LogP contribution in [0.5, 0.6) is 0 Å². The van der Waals surface area contributed by atoms with Gasteiger partial charge in [-0.25, -0.2) is 4.98 Å². The molecule has 27 heavy (non-hydrogen) atoms. The number of nitrogens with one attached hydrogen (secondary N) is 1. The summed E-state index contributed by atoms with van der Waals surface area (Å²) in [5, 5.41) is 4.12. The lowest BCUT2D eigenvalue weighted by Crippen LogP contribution is -2.40. The zero-order valence-corrected chi connectivity index (χ0v) is 16.4. The number of rotatable bonds is 4. The maximum absolute atomic E-state index is 12.5. The van der Waals surface area contributed by atoms with E-state index in [-0.39, 0.29) is 17.6 Å². The standard InChI is InChI=1S/C17H22ClN5O3S/c18-27(25,26)22-9-7-13(8-10-22)20-17-19-11-12-5-6-15(24)23(16(12)21-17)14-3-1-2-4-14/h5-6,11,13-14H,1-4,7-10H2,(H,19,20,21). The van der Waals surface area contributed by atoms with Crippen molar-refractivity contribution in [2.24, 2.45) is 0 Å². The van der Waals surface area contributed by atoms with Gasteiger partial charge in [0.25, 0.3) is 14.8 Å². The highest BCUT2D eigenvalue weighted by Crippen LogP contribution is 2.30. The Bertz CT molecular complexity index is 995. The molecule has 4 rings (SSSR count). The van der Waals surface area contributed by atoms with Crippen molar-refractivity contribution in [2.45, 2.75) is 50.6 Å². The van der Waals surface area contributed by atoms with Gasteiger partial charge in [0.1, 0.15) is 5.65 Å². The third-order valence-electron chi connectivity index (χ3n) is 5.45. The normalized spacial score (nSPS) is 20.3. The van der Waals surface area contributed by atoms with Gasteiger partial charge in [-0.1, -0.05) is 12.8 Å². The SMILES string of the molecule is O=c1ccc2cnc(NC3CCN(S(=O)(=O)Cl)CC3)nc2n1C1CCCC1. The van der Waals surface area contributed by atoms with Gasteiger partial charge in [-0.3, -0.25) is 9.36 Å². The number of pyridine rings is 1. The zero-order valence-electron chi connectivity index (χ0n) is 14.8. The molecule has 1 saturated heterocycles. The van der Waals surface area contributed by atoms with Crippen LogP contribution in [0.4, 0.5) is 5.95 Å². The Kier molecular flexibility index (Phi) is 5.09.